The van der Waals surface area contributed by atoms with Crippen LogP contribution in [-0.4, -0.2) is 42.5 Å². The van der Waals surface area contributed by atoms with Crippen molar-refractivity contribution in [2.24, 2.45) is 0 Å². The third kappa shape index (κ3) is 3.32. The number of thioether (sulfide) groups is 1. The molecule has 2 rings (SSSR count). The highest BCUT2D eigenvalue weighted by atomic mass is 32.2. The summed E-state index contributed by atoms with van der Waals surface area (Å²) in [6, 6.07) is 6.83. The number of rotatable bonds is 6. The first-order chi connectivity index (χ1) is 9.63. The molecule has 0 bridgehead atoms. The predicted molar refractivity (Wildman–Crippen MR) is 76.0 cm³/mol. The zero-order valence-electron chi connectivity index (χ0n) is 11.2. The summed E-state index contributed by atoms with van der Waals surface area (Å²) in [6.45, 7) is 0.299. The van der Waals surface area contributed by atoms with E-state index < -0.39 is 12.0 Å². The van der Waals surface area contributed by atoms with E-state index in [-0.39, 0.29) is 18.2 Å². The number of benzene rings is 1. The van der Waals surface area contributed by atoms with Gasteiger partial charge in [-0.3, -0.25) is 4.79 Å². The highest BCUT2D eigenvalue weighted by molar-refractivity contribution is 7.99. The van der Waals surface area contributed by atoms with Gasteiger partial charge in [-0.2, -0.15) is 0 Å². The number of fused-ring (bicyclic) bond motifs is 1. The maximum absolute atomic E-state index is 12.3. The zero-order chi connectivity index (χ0) is 14.5. The number of hydrogen-bond acceptors (Lipinski definition) is 4. The Morgan fingerprint density at radius 2 is 2.25 bits per heavy atom. The fourth-order valence-electron chi connectivity index (χ4n) is 2.15. The third-order valence-electron chi connectivity index (χ3n) is 3.24. The van der Waals surface area contributed by atoms with Crippen molar-refractivity contribution in [3.05, 3.63) is 29.8 Å². The van der Waals surface area contributed by atoms with Gasteiger partial charge in [0.15, 0.2) is 0 Å². The van der Waals surface area contributed by atoms with Crippen LogP contribution in [0.4, 0.5) is 0 Å². The van der Waals surface area contributed by atoms with E-state index in [0.29, 0.717) is 12.4 Å². The Kier molecular flexibility index (Phi) is 5.03. The molecule has 0 saturated carbocycles. The van der Waals surface area contributed by atoms with Crippen molar-refractivity contribution in [3.63, 3.8) is 0 Å². The molecule has 1 amide bonds. The molecule has 0 spiro atoms. The van der Waals surface area contributed by atoms with Crippen LogP contribution in [0.1, 0.15) is 17.9 Å². The molecule has 0 saturated heterocycles. The van der Waals surface area contributed by atoms with E-state index in [2.05, 4.69) is 5.32 Å². The van der Waals surface area contributed by atoms with Crippen LogP contribution in [0, 0.1) is 0 Å². The van der Waals surface area contributed by atoms with Crippen molar-refractivity contribution >= 4 is 23.6 Å². The fourth-order valence-corrected chi connectivity index (χ4v) is 3.37. The highest BCUT2D eigenvalue weighted by Gasteiger charge is 2.31. The summed E-state index contributed by atoms with van der Waals surface area (Å²) in [6.07, 6.45) is 0.263. The molecular weight excluding hydrogens is 278 g/mol. The Bertz CT molecular complexity index is 506. The van der Waals surface area contributed by atoms with Gasteiger partial charge < -0.3 is 15.2 Å². The van der Waals surface area contributed by atoms with E-state index in [0.717, 1.165) is 10.5 Å². The molecule has 0 aromatic heterocycles. The predicted octanol–water partition coefficient (Wildman–Crippen LogP) is 1.48. The first-order valence-corrected chi connectivity index (χ1v) is 7.36. The van der Waals surface area contributed by atoms with Crippen LogP contribution in [0.5, 0.6) is 0 Å². The number of carbonyl (C=O) groups excluding carboxylic acids is 1. The topological polar surface area (TPSA) is 75.6 Å². The van der Waals surface area contributed by atoms with Crippen LogP contribution in [0.15, 0.2) is 29.2 Å². The van der Waals surface area contributed by atoms with Crippen molar-refractivity contribution in [2.45, 2.75) is 23.3 Å². The number of aliphatic carboxylic acids is 1. The Labute approximate surface area is 121 Å². The quantitative estimate of drug-likeness (QED) is 0.831. The Morgan fingerprint density at radius 1 is 1.50 bits per heavy atom. The van der Waals surface area contributed by atoms with Gasteiger partial charge in [0.25, 0.3) is 0 Å². The van der Waals surface area contributed by atoms with Crippen LogP contribution in [0.3, 0.4) is 0 Å². The Hall–Kier alpha value is -1.53. The molecule has 2 N–H and O–H groups in total. The van der Waals surface area contributed by atoms with Gasteiger partial charge in [-0.25, -0.2) is 4.79 Å². The number of carboxylic acids is 1. The molecule has 20 heavy (non-hydrogen) atoms. The second-order valence-corrected chi connectivity index (χ2v) is 5.64. The molecule has 0 radical (unpaired) electrons. The lowest BCUT2D eigenvalue weighted by atomic mass is 10.00. The van der Waals surface area contributed by atoms with Crippen LogP contribution in [0.2, 0.25) is 0 Å². The molecule has 0 fully saturated rings. The number of carbonyl (C=O) groups is 2. The molecule has 1 aromatic rings. The summed E-state index contributed by atoms with van der Waals surface area (Å²) >= 11 is 1.62. The lowest BCUT2D eigenvalue weighted by Gasteiger charge is -2.17. The average molecular weight is 295 g/mol. The van der Waals surface area contributed by atoms with Gasteiger partial charge in [0.1, 0.15) is 6.04 Å². The molecule has 1 heterocycles. The molecule has 0 aliphatic carbocycles. The van der Waals surface area contributed by atoms with Gasteiger partial charge in [0, 0.05) is 30.8 Å². The Morgan fingerprint density at radius 3 is 2.95 bits per heavy atom. The molecule has 1 aliphatic heterocycles. The lowest BCUT2D eigenvalue weighted by Crippen LogP contribution is -2.43. The van der Waals surface area contributed by atoms with Crippen molar-refractivity contribution in [1.29, 1.82) is 0 Å². The number of methoxy groups -OCH3 is 1. The molecule has 6 heteroatoms. The van der Waals surface area contributed by atoms with Crippen LogP contribution < -0.4 is 5.32 Å². The van der Waals surface area contributed by atoms with Crippen molar-refractivity contribution in [2.75, 3.05) is 19.5 Å². The van der Waals surface area contributed by atoms with E-state index in [1.54, 1.807) is 11.8 Å². The van der Waals surface area contributed by atoms with Crippen LogP contribution >= 0.6 is 11.8 Å². The molecular formula is C14H17NO4S. The van der Waals surface area contributed by atoms with E-state index in [1.165, 1.54) is 7.11 Å². The van der Waals surface area contributed by atoms with Crippen molar-refractivity contribution in [1.82, 2.24) is 5.32 Å². The second-order valence-electron chi connectivity index (χ2n) is 4.58. The minimum atomic E-state index is -1.03. The summed E-state index contributed by atoms with van der Waals surface area (Å²) in [5.74, 6) is -0.886. The largest absolute Gasteiger partial charge is 0.480 e. The standard InChI is InChI=1S/C14H17NO4S/c1-19-7-6-11(14(17)18)15-13(16)10-8-20-12-5-3-2-4-9(10)12/h2-5,10-11H,6-8H2,1H3,(H,15,16)(H,17,18)/t10-,11-/m1/s1. The lowest BCUT2D eigenvalue weighted by molar-refractivity contribution is -0.142. The molecule has 108 valence electrons. The monoisotopic (exact) mass is 295 g/mol. The summed E-state index contributed by atoms with van der Waals surface area (Å²) in [5.41, 5.74) is 0.978. The fraction of sp³-hybridized carbons (Fsp3) is 0.429. The number of nitrogens with one attached hydrogen (secondary N) is 1. The van der Waals surface area contributed by atoms with Crippen molar-refractivity contribution < 1.29 is 19.4 Å². The van der Waals surface area contributed by atoms with Crippen molar-refractivity contribution in [3.8, 4) is 0 Å². The minimum absolute atomic E-state index is 0.231. The summed E-state index contributed by atoms with van der Waals surface area (Å²) in [4.78, 5) is 24.5. The van der Waals surface area contributed by atoms with E-state index in [9.17, 15) is 9.59 Å². The van der Waals surface area contributed by atoms with E-state index >= 15 is 0 Å². The van der Waals surface area contributed by atoms with Gasteiger partial charge in [0.2, 0.25) is 5.91 Å². The number of ether oxygens (including phenoxy) is 1. The van der Waals surface area contributed by atoms with Crippen LogP contribution in [0.25, 0.3) is 0 Å². The van der Waals surface area contributed by atoms with Gasteiger partial charge in [-0.05, 0) is 11.6 Å². The molecule has 0 unspecified atom stereocenters. The maximum atomic E-state index is 12.3. The van der Waals surface area contributed by atoms with Gasteiger partial charge in [-0.1, -0.05) is 18.2 Å². The van der Waals surface area contributed by atoms with E-state index in [4.69, 9.17) is 9.84 Å². The van der Waals surface area contributed by atoms with Gasteiger partial charge in [0.05, 0.1) is 5.92 Å². The summed E-state index contributed by atoms with van der Waals surface area (Å²) in [7, 11) is 1.50. The normalized spacial score (nSPS) is 18.4. The average Bonchev–Trinajstić information content (AvgIpc) is 2.87. The molecule has 1 aromatic carbocycles. The van der Waals surface area contributed by atoms with Crippen LogP contribution in [-0.2, 0) is 14.3 Å². The van der Waals surface area contributed by atoms with E-state index in [1.807, 2.05) is 24.3 Å². The number of carboxylic acid groups (broad SMARTS) is 1. The number of amides is 1. The third-order valence-corrected chi connectivity index (χ3v) is 4.42. The second kappa shape index (κ2) is 6.76. The smallest absolute Gasteiger partial charge is 0.326 e. The molecule has 1 aliphatic rings. The summed E-state index contributed by atoms with van der Waals surface area (Å²) in [5, 5.41) is 11.7. The van der Waals surface area contributed by atoms with Gasteiger partial charge in [-0.15, -0.1) is 11.8 Å². The molecule has 5 nitrogen and oxygen atoms in total. The van der Waals surface area contributed by atoms with Gasteiger partial charge >= 0.3 is 5.97 Å². The summed E-state index contributed by atoms with van der Waals surface area (Å²) < 4.78 is 4.87. The maximum Gasteiger partial charge on any atom is 0.326 e. The SMILES string of the molecule is COCC[C@@H](NC(=O)[C@@H]1CSc2ccccc21)C(=O)O. The first-order valence-electron chi connectivity index (χ1n) is 6.37. The Balaban J connectivity index is 2.03. The minimum Gasteiger partial charge on any atom is -0.480 e. The highest BCUT2D eigenvalue weighted by Crippen LogP contribution is 2.39. The zero-order valence-corrected chi connectivity index (χ0v) is 12.0. The number of hydrogen-bond donors (Lipinski definition) is 2. The molecule has 2 atom stereocenters. The first kappa shape index (κ1) is 14.9.